The summed E-state index contributed by atoms with van der Waals surface area (Å²) in [6, 6.07) is 18.2. The third kappa shape index (κ3) is 3.97. The molecule has 1 fully saturated rings. The van der Waals surface area contributed by atoms with Crippen LogP contribution in [0.1, 0.15) is 44.1 Å². The number of anilines is 2. The molecule has 1 amide bonds. The van der Waals surface area contributed by atoms with Crippen LogP contribution in [-0.2, 0) is 4.79 Å². The molecule has 1 N–H and O–H groups in total. The van der Waals surface area contributed by atoms with Gasteiger partial charge in [-0.05, 0) is 55.5 Å². The van der Waals surface area contributed by atoms with Crippen LogP contribution in [0.3, 0.4) is 0 Å². The van der Waals surface area contributed by atoms with E-state index in [0.29, 0.717) is 0 Å². The highest BCUT2D eigenvalue weighted by molar-refractivity contribution is 5.95. The molecule has 1 aliphatic heterocycles. The minimum Gasteiger partial charge on any atom is -0.372 e. The molecule has 0 aromatic heterocycles. The van der Waals surface area contributed by atoms with Crippen LogP contribution >= 0.6 is 0 Å². The van der Waals surface area contributed by atoms with Gasteiger partial charge in [0.05, 0.1) is 5.92 Å². The van der Waals surface area contributed by atoms with Crippen LogP contribution in [0, 0.1) is 0 Å². The molecule has 3 heteroatoms. The Kier molecular flexibility index (Phi) is 5.52. The highest BCUT2D eigenvalue weighted by Crippen LogP contribution is 2.24. The number of hydrogen-bond donors (Lipinski definition) is 1. The van der Waals surface area contributed by atoms with E-state index in [2.05, 4.69) is 29.3 Å². The van der Waals surface area contributed by atoms with Gasteiger partial charge in [0.15, 0.2) is 0 Å². The summed E-state index contributed by atoms with van der Waals surface area (Å²) in [5.74, 6) is -0.0395. The number of nitrogens with zero attached hydrogens (tertiary/aromatic N) is 1. The van der Waals surface area contributed by atoms with Gasteiger partial charge in [-0.3, -0.25) is 4.79 Å². The molecule has 24 heavy (non-hydrogen) atoms. The Morgan fingerprint density at radius 3 is 2.29 bits per heavy atom. The summed E-state index contributed by atoms with van der Waals surface area (Å²) in [5, 5.41) is 3.06. The molecule has 1 aliphatic rings. The van der Waals surface area contributed by atoms with E-state index in [-0.39, 0.29) is 11.8 Å². The largest absolute Gasteiger partial charge is 0.372 e. The molecule has 1 heterocycles. The average molecular weight is 322 g/mol. The van der Waals surface area contributed by atoms with Gasteiger partial charge in [0.1, 0.15) is 0 Å². The van der Waals surface area contributed by atoms with Crippen molar-refractivity contribution in [1.29, 1.82) is 0 Å². The molecular formula is C21H26N2O. The summed E-state index contributed by atoms with van der Waals surface area (Å²) < 4.78 is 0. The zero-order valence-corrected chi connectivity index (χ0v) is 14.4. The van der Waals surface area contributed by atoms with Crippen molar-refractivity contribution in [2.24, 2.45) is 0 Å². The summed E-state index contributed by atoms with van der Waals surface area (Å²) in [5.41, 5.74) is 3.19. The summed E-state index contributed by atoms with van der Waals surface area (Å²) in [6.45, 7) is 4.33. The first-order valence-corrected chi connectivity index (χ1v) is 8.98. The number of carbonyl (C=O) groups is 1. The van der Waals surface area contributed by atoms with Crippen LogP contribution in [-0.4, -0.2) is 19.0 Å². The van der Waals surface area contributed by atoms with E-state index in [4.69, 9.17) is 0 Å². The Bertz CT molecular complexity index is 645. The SMILES string of the molecule is CC[C@H](C(=O)Nc1ccc(N2CCCCC2)cc1)c1ccccc1. The summed E-state index contributed by atoms with van der Waals surface area (Å²) >= 11 is 0. The van der Waals surface area contributed by atoms with Crippen LogP contribution < -0.4 is 10.2 Å². The Morgan fingerprint density at radius 2 is 1.67 bits per heavy atom. The van der Waals surface area contributed by atoms with Gasteiger partial charge < -0.3 is 10.2 Å². The van der Waals surface area contributed by atoms with Crippen LogP contribution in [0.25, 0.3) is 0 Å². The van der Waals surface area contributed by atoms with Crippen molar-refractivity contribution in [2.45, 2.75) is 38.5 Å². The van der Waals surface area contributed by atoms with Crippen molar-refractivity contribution >= 4 is 17.3 Å². The molecule has 3 nitrogen and oxygen atoms in total. The fourth-order valence-electron chi connectivity index (χ4n) is 3.39. The molecule has 1 atom stereocenters. The molecular weight excluding hydrogens is 296 g/mol. The monoisotopic (exact) mass is 322 g/mol. The molecule has 1 saturated heterocycles. The van der Waals surface area contributed by atoms with E-state index in [1.165, 1.54) is 24.9 Å². The van der Waals surface area contributed by atoms with Crippen LogP contribution in [0.4, 0.5) is 11.4 Å². The minimum atomic E-state index is -0.104. The van der Waals surface area contributed by atoms with Crippen molar-refractivity contribution in [3.63, 3.8) is 0 Å². The van der Waals surface area contributed by atoms with Gasteiger partial charge >= 0.3 is 0 Å². The Morgan fingerprint density at radius 1 is 1.00 bits per heavy atom. The van der Waals surface area contributed by atoms with Gasteiger partial charge in [-0.1, -0.05) is 37.3 Å². The van der Waals surface area contributed by atoms with Crippen LogP contribution in [0.5, 0.6) is 0 Å². The van der Waals surface area contributed by atoms with Gasteiger partial charge in [-0.25, -0.2) is 0 Å². The van der Waals surface area contributed by atoms with E-state index >= 15 is 0 Å². The zero-order valence-electron chi connectivity index (χ0n) is 14.4. The summed E-state index contributed by atoms with van der Waals surface area (Å²) in [4.78, 5) is 15.0. The Balaban J connectivity index is 1.65. The normalized spacial score (nSPS) is 15.8. The predicted octanol–water partition coefficient (Wildman–Crippen LogP) is 4.81. The number of carbonyl (C=O) groups excluding carboxylic acids is 1. The first kappa shape index (κ1) is 16.6. The van der Waals surface area contributed by atoms with Crippen LogP contribution in [0.15, 0.2) is 54.6 Å². The number of nitrogens with one attached hydrogen (secondary N) is 1. The Hall–Kier alpha value is -2.29. The number of hydrogen-bond acceptors (Lipinski definition) is 2. The fourth-order valence-corrected chi connectivity index (χ4v) is 3.39. The van der Waals surface area contributed by atoms with Gasteiger partial charge in [-0.15, -0.1) is 0 Å². The predicted molar refractivity (Wildman–Crippen MR) is 101 cm³/mol. The van der Waals surface area contributed by atoms with Crippen molar-refractivity contribution in [3.8, 4) is 0 Å². The number of rotatable bonds is 5. The van der Waals surface area contributed by atoms with E-state index in [1.807, 2.05) is 42.5 Å². The molecule has 0 radical (unpaired) electrons. The number of benzene rings is 2. The molecule has 0 unspecified atom stereocenters. The average Bonchev–Trinajstić information content (AvgIpc) is 2.64. The topological polar surface area (TPSA) is 32.3 Å². The first-order chi connectivity index (χ1) is 11.8. The van der Waals surface area contributed by atoms with Crippen molar-refractivity contribution in [3.05, 3.63) is 60.2 Å². The fraction of sp³-hybridized carbons (Fsp3) is 0.381. The van der Waals surface area contributed by atoms with Gasteiger partial charge in [-0.2, -0.15) is 0 Å². The van der Waals surface area contributed by atoms with Crippen LogP contribution in [0.2, 0.25) is 0 Å². The lowest BCUT2D eigenvalue weighted by molar-refractivity contribution is -0.117. The quantitative estimate of drug-likeness (QED) is 0.857. The van der Waals surface area contributed by atoms with Crippen molar-refractivity contribution in [2.75, 3.05) is 23.3 Å². The molecule has 0 aliphatic carbocycles. The van der Waals surface area contributed by atoms with Crippen molar-refractivity contribution in [1.82, 2.24) is 0 Å². The molecule has 0 saturated carbocycles. The third-order valence-corrected chi connectivity index (χ3v) is 4.78. The maximum Gasteiger partial charge on any atom is 0.231 e. The van der Waals surface area contributed by atoms with Gasteiger partial charge in [0.2, 0.25) is 5.91 Å². The maximum atomic E-state index is 12.6. The highest BCUT2D eigenvalue weighted by atomic mass is 16.1. The summed E-state index contributed by atoms with van der Waals surface area (Å²) in [7, 11) is 0. The Labute approximate surface area is 144 Å². The zero-order chi connectivity index (χ0) is 16.8. The molecule has 2 aromatic carbocycles. The molecule has 126 valence electrons. The molecule has 0 spiro atoms. The summed E-state index contributed by atoms with van der Waals surface area (Å²) in [6.07, 6.45) is 4.67. The van der Waals surface area contributed by atoms with E-state index < -0.39 is 0 Å². The van der Waals surface area contributed by atoms with Crippen molar-refractivity contribution < 1.29 is 4.79 Å². The van der Waals surface area contributed by atoms with Gasteiger partial charge in [0.25, 0.3) is 0 Å². The standard InChI is InChI=1S/C21H26N2O/c1-2-20(17-9-5-3-6-10-17)21(24)22-18-11-13-19(14-12-18)23-15-7-4-8-16-23/h3,5-6,9-14,20H,2,4,7-8,15-16H2,1H3,(H,22,24)/t20-/m0/s1. The van der Waals surface area contributed by atoms with Gasteiger partial charge in [0, 0.05) is 24.5 Å². The smallest absolute Gasteiger partial charge is 0.231 e. The molecule has 0 bridgehead atoms. The maximum absolute atomic E-state index is 12.6. The minimum absolute atomic E-state index is 0.0643. The second-order valence-corrected chi connectivity index (χ2v) is 6.46. The first-order valence-electron chi connectivity index (χ1n) is 8.98. The highest BCUT2D eigenvalue weighted by Gasteiger charge is 2.18. The lowest BCUT2D eigenvalue weighted by Crippen LogP contribution is -2.29. The lowest BCUT2D eigenvalue weighted by atomic mass is 9.95. The second-order valence-electron chi connectivity index (χ2n) is 6.46. The van der Waals surface area contributed by atoms with E-state index in [1.54, 1.807) is 0 Å². The van der Waals surface area contributed by atoms with E-state index in [0.717, 1.165) is 30.8 Å². The molecule has 3 rings (SSSR count). The lowest BCUT2D eigenvalue weighted by Gasteiger charge is -2.28. The second kappa shape index (κ2) is 8.00. The van der Waals surface area contributed by atoms with E-state index in [9.17, 15) is 4.79 Å². The third-order valence-electron chi connectivity index (χ3n) is 4.78. The number of piperidine rings is 1. The molecule has 2 aromatic rings. The number of amides is 1.